The summed E-state index contributed by atoms with van der Waals surface area (Å²) in [6, 6.07) is 13.4. The van der Waals surface area contributed by atoms with Crippen molar-refractivity contribution in [2.45, 2.75) is 19.3 Å². The second-order valence-corrected chi connectivity index (χ2v) is 5.96. The van der Waals surface area contributed by atoms with Crippen LogP contribution in [-0.4, -0.2) is 13.6 Å². The molecule has 0 spiro atoms. The average molecular weight is 336 g/mol. The smallest absolute Gasteiger partial charge is 0.123 e. The third kappa shape index (κ3) is 3.90. The van der Waals surface area contributed by atoms with E-state index in [9.17, 15) is 4.39 Å². The molecule has 20 heavy (non-hydrogen) atoms. The Hall–Kier alpha value is -1.19. The maximum Gasteiger partial charge on any atom is 0.123 e. The van der Waals surface area contributed by atoms with Crippen molar-refractivity contribution in [3.8, 4) is 0 Å². The third-order valence-corrected chi connectivity index (χ3v) is 4.21. The molecule has 1 atom stereocenters. The SMILES string of the molecule is CNCC(Cc1cc(F)ccc1Br)c1cccc(C)c1. The minimum absolute atomic E-state index is 0.185. The zero-order chi connectivity index (χ0) is 14.5. The molecule has 1 N–H and O–H groups in total. The first kappa shape index (κ1) is 15.2. The Morgan fingerprint density at radius 1 is 1.20 bits per heavy atom. The fourth-order valence-electron chi connectivity index (χ4n) is 2.44. The van der Waals surface area contributed by atoms with Crippen LogP contribution in [0.2, 0.25) is 0 Å². The Morgan fingerprint density at radius 3 is 2.70 bits per heavy atom. The number of hydrogen-bond donors (Lipinski definition) is 1. The fraction of sp³-hybridized carbons (Fsp3) is 0.294. The van der Waals surface area contributed by atoms with E-state index < -0.39 is 0 Å². The summed E-state index contributed by atoms with van der Waals surface area (Å²) in [6.45, 7) is 2.96. The van der Waals surface area contributed by atoms with Gasteiger partial charge in [0, 0.05) is 16.9 Å². The van der Waals surface area contributed by atoms with Crippen molar-refractivity contribution in [1.29, 1.82) is 0 Å². The van der Waals surface area contributed by atoms with E-state index in [-0.39, 0.29) is 5.82 Å². The molecule has 0 amide bonds. The first-order valence-corrected chi connectivity index (χ1v) is 7.54. The van der Waals surface area contributed by atoms with Gasteiger partial charge in [-0.05, 0) is 49.7 Å². The summed E-state index contributed by atoms with van der Waals surface area (Å²) in [5, 5.41) is 3.23. The van der Waals surface area contributed by atoms with Gasteiger partial charge in [0.05, 0.1) is 0 Å². The molecular formula is C17H19BrFN. The van der Waals surface area contributed by atoms with E-state index >= 15 is 0 Å². The molecule has 2 rings (SSSR count). The summed E-state index contributed by atoms with van der Waals surface area (Å²) in [6.07, 6.45) is 0.808. The highest BCUT2D eigenvalue weighted by molar-refractivity contribution is 9.10. The van der Waals surface area contributed by atoms with Crippen LogP contribution >= 0.6 is 15.9 Å². The van der Waals surface area contributed by atoms with Crippen LogP contribution in [0.25, 0.3) is 0 Å². The lowest BCUT2D eigenvalue weighted by atomic mass is 9.91. The first-order chi connectivity index (χ1) is 9.60. The van der Waals surface area contributed by atoms with Gasteiger partial charge in [0.15, 0.2) is 0 Å². The number of rotatable bonds is 5. The van der Waals surface area contributed by atoms with Crippen molar-refractivity contribution in [3.63, 3.8) is 0 Å². The minimum Gasteiger partial charge on any atom is -0.319 e. The number of benzene rings is 2. The molecule has 3 heteroatoms. The van der Waals surface area contributed by atoms with Gasteiger partial charge >= 0.3 is 0 Å². The Bertz CT molecular complexity index is 583. The molecule has 0 fully saturated rings. The van der Waals surface area contributed by atoms with Crippen molar-refractivity contribution in [1.82, 2.24) is 5.32 Å². The molecule has 0 heterocycles. The van der Waals surface area contributed by atoms with Crippen LogP contribution in [0.4, 0.5) is 4.39 Å². The first-order valence-electron chi connectivity index (χ1n) is 6.75. The predicted molar refractivity (Wildman–Crippen MR) is 85.7 cm³/mol. The number of nitrogens with one attached hydrogen (secondary N) is 1. The molecular weight excluding hydrogens is 317 g/mol. The van der Waals surface area contributed by atoms with E-state index in [0.29, 0.717) is 5.92 Å². The van der Waals surface area contributed by atoms with Crippen LogP contribution in [0.5, 0.6) is 0 Å². The number of likely N-dealkylation sites (N-methyl/N-ethyl adjacent to an activating group) is 1. The van der Waals surface area contributed by atoms with Gasteiger partial charge < -0.3 is 5.32 Å². The molecule has 106 valence electrons. The molecule has 1 unspecified atom stereocenters. The molecule has 0 bridgehead atoms. The fourth-order valence-corrected chi connectivity index (χ4v) is 2.85. The van der Waals surface area contributed by atoms with Gasteiger partial charge in [-0.2, -0.15) is 0 Å². The van der Waals surface area contributed by atoms with Gasteiger partial charge in [0.25, 0.3) is 0 Å². The van der Waals surface area contributed by atoms with Gasteiger partial charge in [0.2, 0.25) is 0 Å². The van der Waals surface area contributed by atoms with Crippen LogP contribution in [0.1, 0.15) is 22.6 Å². The monoisotopic (exact) mass is 335 g/mol. The normalized spacial score (nSPS) is 12.4. The zero-order valence-electron chi connectivity index (χ0n) is 11.8. The maximum absolute atomic E-state index is 13.4. The highest BCUT2D eigenvalue weighted by Crippen LogP contribution is 2.26. The summed E-state index contributed by atoms with van der Waals surface area (Å²) in [4.78, 5) is 0. The van der Waals surface area contributed by atoms with Crippen molar-refractivity contribution < 1.29 is 4.39 Å². The zero-order valence-corrected chi connectivity index (χ0v) is 13.4. The van der Waals surface area contributed by atoms with Crippen LogP contribution < -0.4 is 5.32 Å². The van der Waals surface area contributed by atoms with Gasteiger partial charge in [-0.25, -0.2) is 4.39 Å². The largest absolute Gasteiger partial charge is 0.319 e. The molecule has 0 saturated carbocycles. The van der Waals surface area contributed by atoms with Crippen molar-refractivity contribution in [2.75, 3.05) is 13.6 Å². The van der Waals surface area contributed by atoms with Crippen molar-refractivity contribution >= 4 is 15.9 Å². The van der Waals surface area contributed by atoms with E-state index in [1.165, 1.54) is 17.2 Å². The van der Waals surface area contributed by atoms with Crippen LogP contribution in [0.3, 0.4) is 0 Å². The molecule has 0 radical (unpaired) electrons. The number of aryl methyl sites for hydroxylation is 1. The maximum atomic E-state index is 13.4. The predicted octanol–water partition coefficient (Wildman–Crippen LogP) is 4.44. The molecule has 0 aromatic heterocycles. The Kier molecular flexibility index (Phi) is 5.32. The summed E-state index contributed by atoms with van der Waals surface area (Å²) in [5.74, 6) is 0.147. The lowest BCUT2D eigenvalue weighted by Gasteiger charge is -2.18. The third-order valence-electron chi connectivity index (χ3n) is 3.44. The second kappa shape index (κ2) is 7.00. The van der Waals surface area contributed by atoms with Crippen LogP contribution in [0, 0.1) is 12.7 Å². The summed E-state index contributed by atoms with van der Waals surface area (Å²) in [5.41, 5.74) is 3.55. The van der Waals surface area contributed by atoms with Gasteiger partial charge in [0.1, 0.15) is 5.82 Å². The second-order valence-electron chi connectivity index (χ2n) is 5.11. The Morgan fingerprint density at radius 2 is 2.00 bits per heavy atom. The van der Waals surface area contributed by atoms with Crippen molar-refractivity contribution in [2.24, 2.45) is 0 Å². The quantitative estimate of drug-likeness (QED) is 0.851. The number of hydrogen-bond acceptors (Lipinski definition) is 1. The van der Waals surface area contributed by atoms with E-state index in [0.717, 1.165) is 23.0 Å². The standard InChI is InChI=1S/C17H19BrFN/c1-12-4-3-5-13(8-12)15(11-20-2)9-14-10-16(19)6-7-17(14)18/h3-8,10,15,20H,9,11H2,1-2H3. The van der Waals surface area contributed by atoms with Crippen molar-refractivity contribution in [3.05, 3.63) is 69.4 Å². The highest BCUT2D eigenvalue weighted by Gasteiger charge is 2.14. The van der Waals surface area contributed by atoms with E-state index in [1.807, 2.05) is 7.05 Å². The van der Waals surface area contributed by atoms with Gasteiger partial charge in [-0.1, -0.05) is 45.8 Å². The van der Waals surface area contributed by atoms with Crippen LogP contribution in [0.15, 0.2) is 46.9 Å². The average Bonchev–Trinajstić information content (AvgIpc) is 2.42. The molecule has 0 aliphatic rings. The Labute approximate surface area is 128 Å². The summed E-state index contributed by atoms with van der Waals surface area (Å²) in [7, 11) is 1.95. The van der Waals surface area contributed by atoms with Gasteiger partial charge in [-0.3, -0.25) is 0 Å². The molecule has 0 saturated heterocycles. The lowest BCUT2D eigenvalue weighted by Crippen LogP contribution is -2.19. The van der Waals surface area contributed by atoms with E-state index in [1.54, 1.807) is 12.1 Å². The molecule has 2 aromatic rings. The lowest BCUT2D eigenvalue weighted by molar-refractivity contribution is 0.607. The number of halogens is 2. The summed E-state index contributed by atoms with van der Waals surface area (Å²) >= 11 is 3.51. The van der Waals surface area contributed by atoms with E-state index in [4.69, 9.17) is 0 Å². The topological polar surface area (TPSA) is 12.0 Å². The highest BCUT2D eigenvalue weighted by atomic mass is 79.9. The summed E-state index contributed by atoms with van der Waals surface area (Å²) < 4.78 is 14.4. The van der Waals surface area contributed by atoms with E-state index in [2.05, 4.69) is 52.4 Å². The molecule has 0 aliphatic carbocycles. The molecule has 0 aliphatic heterocycles. The molecule has 1 nitrogen and oxygen atoms in total. The van der Waals surface area contributed by atoms with Crippen LogP contribution in [-0.2, 0) is 6.42 Å². The minimum atomic E-state index is -0.185. The molecule has 2 aromatic carbocycles. The Balaban J connectivity index is 2.27. The van der Waals surface area contributed by atoms with Gasteiger partial charge in [-0.15, -0.1) is 0 Å².